The van der Waals surface area contributed by atoms with Crippen LogP contribution < -0.4 is 0 Å². The number of fused-ring (bicyclic) bond motifs is 2. The summed E-state index contributed by atoms with van der Waals surface area (Å²) in [6, 6.07) is 8.49. The first-order valence-electron chi connectivity index (χ1n) is 10.5. The van der Waals surface area contributed by atoms with E-state index in [0.29, 0.717) is 12.5 Å². The van der Waals surface area contributed by atoms with Gasteiger partial charge in [-0.25, -0.2) is 4.79 Å². The lowest BCUT2D eigenvalue weighted by Gasteiger charge is -2.36. The number of aryl methyl sites for hydroxylation is 1. The molecule has 0 saturated carbocycles. The van der Waals surface area contributed by atoms with E-state index in [1.807, 2.05) is 24.1 Å². The number of hydrogen-bond acceptors (Lipinski definition) is 3. The molecule has 1 unspecified atom stereocenters. The van der Waals surface area contributed by atoms with Crippen LogP contribution in [-0.4, -0.2) is 35.7 Å². The van der Waals surface area contributed by atoms with E-state index in [1.165, 1.54) is 16.7 Å². The van der Waals surface area contributed by atoms with Gasteiger partial charge in [0.05, 0.1) is 12.3 Å². The van der Waals surface area contributed by atoms with Crippen LogP contribution in [0.4, 0.5) is 4.79 Å². The fraction of sp³-hybridized carbons (Fsp3) is 0.417. The topological polar surface area (TPSA) is 42.4 Å². The summed E-state index contributed by atoms with van der Waals surface area (Å²) in [6.45, 7) is 5.84. The summed E-state index contributed by atoms with van der Waals surface area (Å²) in [5, 5.41) is 0.825. The van der Waals surface area contributed by atoms with Crippen LogP contribution in [0.25, 0.3) is 12.2 Å². The number of carbonyl (C=O) groups excluding carboxylic acids is 1. The van der Waals surface area contributed by atoms with E-state index in [0.717, 1.165) is 48.6 Å². The zero-order valence-corrected chi connectivity index (χ0v) is 17.8. The Balaban J connectivity index is 1.71. The van der Waals surface area contributed by atoms with E-state index in [-0.39, 0.29) is 12.0 Å². The van der Waals surface area contributed by atoms with Crippen molar-refractivity contribution in [3.05, 3.63) is 63.4 Å². The van der Waals surface area contributed by atoms with Crippen LogP contribution in [0.2, 0.25) is 5.02 Å². The van der Waals surface area contributed by atoms with Crippen molar-refractivity contribution in [1.82, 2.24) is 9.88 Å². The number of pyridine rings is 1. The number of hydrogen-bond donors (Lipinski definition) is 0. The summed E-state index contributed by atoms with van der Waals surface area (Å²) in [5.41, 5.74) is 5.93. The quantitative estimate of drug-likeness (QED) is 0.643. The summed E-state index contributed by atoms with van der Waals surface area (Å²) in [4.78, 5) is 18.8. The van der Waals surface area contributed by atoms with Crippen molar-refractivity contribution in [1.29, 1.82) is 0 Å². The first-order valence-corrected chi connectivity index (χ1v) is 10.9. The smallest absolute Gasteiger partial charge is 0.409 e. The highest BCUT2D eigenvalue weighted by molar-refractivity contribution is 6.31. The Morgan fingerprint density at radius 2 is 1.97 bits per heavy atom. The number of benzene rings is 1. The van der Waals surface area contributed by atoms with Crippen molar-refractivity contribution in [2.45, 2.75) is 39.0 Å². The second-order valence-electron chi connectivity index (χ2n) is 7.74. The average molecular weight is 411 g/mol. The SMILES string of the molecule is CCOC(=O)N1CCC(C2c3cc(CC)c(Cl)cc3C=Cc3cccnc32)CC1. The number of ether oxygens (including phenoxy) is 1. The number of piperidine rings is 1. The zero-order valence-electron chi connectivity index (χ0n) is 17.0. The van der Waals surface area contributed by atoms with Gasteiger partial charge in [-0.3, -0.25) is 4.98 Å². The van der Waals surface area contributed by atoms with Crippen LogP contribution >= 0.6 is 11.6 Å². The molecule has 29 heavy (non-hydrogen) atoms. The molecule has 1 atom stereocenters. The molecule has 5 heteroatoms. The van der Waals surface area contributed by atoms with Gasteiger partial charge in [-0.15, -0.1) is 0 Å². The third-order valence-electron chi connectivity index (χ3n) is 6.11. The predicted molar refractivity (Wildman–Crippen MR) is 117 cm³/mol. The normalized spacial score (nSPS) is 18.7. The predicted octanol–water partition coefficient (Wildman–Crippen LogP) is 5.78. The fourth-order valence-electron chi connectivity index (χ4n) is 4.60. The van der Waals surface area contributed by atoms with E-state index in [9.17, 15) is 4.79 Å². The van der Waals surface area contributed by atoms with Gasteiger partial charge in [0.25, 0.3) is 0 Å². The highest BCUT2D eigenvalue weighted by atomic mass is 35.5. The Morgan fingerprint density at radius 3 is 2.69 bits per heavy atom. The highest BCUT2D eigenvalue weighted by Gasteiger charge is 2.34. The van der Waals surface area contributed by atoms with Crippen molar-refractivity contribution in [3.63, 3.8) is 0 Å². The molecule has 1 aliphatic carbocycles. The third kappa shape index (κ3) is 3.91. The molecule has 0 N–H and O–H groups in total. The second kappa shape index (κ2) is 8.58. The monoisotopic (exact) mass is 410 g/mol. The largest absolute Gasteiger partial charge is 0.450 e. The van der Waals surface area contributed by atoms with Gasteiger partial charge in [-0.2, -0.15) is 0 Å². The van der Waals surface area contributed by atoms with Crippen LogP contribution in [0.1, 0.15) is 60.6 Å². The lowest BCUT2D eigenvalue weighted by Crippen LogP contribution is -2.40. The summed E-state index contributed by atoms with van der Waals surface area (Å²) < 4.78 is 5.19. The number of carbonyl (C=O) groups is 1. The fourth-order valence-corrected chi connectivity index (χ4v) is 4.91. The third-order valence-corrected chi connectivity index (χ3v) is 6.47. The molecule has 1 aliphatic heterocycles. The minimum absolute atomic E-state index is 0.197. The van der Waals surface area contributed by atoms with Gasteiger partial charge in [0.2, 0.25) is 0 Å². The second-order valence-corrected chi connectivity index (χ2v) is 8.15. The van der Waals surface area contributed by atoms with E-state index >= 15 is 0 Å². The molecule has 4 nitrogen and oxygen atoms in total. The minimum Gasteiger partial charge on any atom is -0.450 e. The summed E-state index contributed by atoms with van der Waals surface area (Å²) in [7, 11) is 0. The van der Waals surface area contributed by atoms with E-state index in [2.05, 4.69) is 37.3 Å². The molecule has 1 fully saturated rings. The maximum atomic E-state index is 12.1. The zero-order chi connectivity index (χ0) is 20.4. The van der Waals surface area contributed by atoms with Gasteiger partial charge in [0.15, 0.2) is 0 Å². The molecule has 0 bridgehead atoms. The van der Waals surface area contributed by atoms with Crippen molar-refractivity contribution in [2.24, 2.45) is 5.92 Å². The van der Waals surface area contributed by atoms with E-state index < -0.39 is 0 Å². The Morgan fingerprint density at radius 1 is 1.21 bits per heavy atom. The van der Waals surface area contributed by atoms with Crippen molar-refractivity contribution in [2.75, 3.05) is 19.7 Å². The van der Waals surface area contributed by atoms with Gasteiger partial charge >= 0.3 is 6.09 Å². The van der Waals surface area contributed by atoms with Crippen molar-refractivity contribution >= 4 is 29.8 Å². The van der Waals surface area contributed by atoms with E-state index in [4.69, 9.17) is 21.3 Å². The van der Waals surface area contributed by atoms with Crippen LogP contribution in [0.15, 0.2) is 30.5 Å². The molecule has 2 heterocycles. The molecule has 1 aromatic carbocycles. The van der Waals surface area contributed by atoms with Gasteiger partial charge in [0.1, 0.15) is 0 Å². The number of amides is 1. The Labute approximate surface area is 177 Å². The van der Waals surface area contributed by atoms with Crippen LogP contribution in [0, 0.1) is 5.92 Å². The molecule has 152 valence electrons. The first-order chi connectivity index (χ1) is 14.1. The number of halogens is 1. The Kier molecular flexibility index (Phi) is 5.91. The molecule has 0 radical (unpaired) electrons. The van der Waals surface area contributed by atoms with Gasteiger partial charge in [-0.05, 0) is 66.5 Å². The molecule has 4 rings (SSSR count). The molecule has 0 spiro atoms. The van der Waals surface area contributed by atoms with Crippen LogP contribution in [0.3, 0.4) is 0 Å². The van der Waals surface area contributed by atoms with Crippen LogP contribution in [-0.2, 0) is 11.2 Å². The standard InChI is InChI=1S/C24H27ClN2O2/c1-3-16-14-20-19(15-21(16)25)8-7-18-6-5-11-26-23(18)22(20)17-9-12-27(13-10-17)24(28)29-4-2/h5-8,11,14-15,17,22H,3-4,9-10,12-13H2,1-2H3. The van der Waals surface area contributed by atoms with E-state index in [1.54, 1.807) is 0 Å². The number of likely N-dealkylation sites (tertiary alicyclic amines) is 1. The summed E-state index contributed by atoms with van der Waals surface area (Å²) in [5.74, 6) is 0.613. The molecule has 1 saturated heterocycles. The summed E-state index contributed by atoms with van der Waals surface area (Å²) in [6.07, 6.45) is 8.76. The van der Waals surface area contributed by atoms with Gasteiger partial charge in [-0.1, -0.05) is 42.8 Å². The molecule has 2 aromatic rings. The lowest BCUT2D eigenvalue weighted by atomic mass is 9.76. The Bertz CT molecular complexity index is 932. The average Bonchev–Trinajstić information content (AvgIpc) is 2.90. The molecule has 1 amide bonds. The molecule has 1 aromatic heterocycles. The summed E-state index contributed by atoms with van der Waals surface area (Å²) >= 11 is 6.54. The van der Waals surface area contributed by atoms with Crippen molar-refractivity contribution < 1.29 is 9.53 Å². The van der Waals surface area contributed by atoms with Crippen LogP contribution in [0.5, 0.6) is 0 Å². The minimum atomic E-state index is -0.201. The molecular weight excluding hydrogens is 384 g/mol. The maximum Gasteiger partial charge on any atom is 0.409 e. The van der Waals surface area contributed by atoms with Gasteiger partial charge in [0, 0.05) is 30.2 Å². The lowest BCUT2D eigenvalue weighted by molar-refractivity contribution is 0.0900. The number of aromatic nitrogens is 1. The molecular formula is C24H27ClN2O2. The number of rotatable bonds is 3. The molecule has 2 aliphatic rings. The highest BCUT2D eigenvalue weighted by Crippen LogP contribution is 2.43. The first kappa shape index (κ1) is 20.0. The number of nitrogens with zero attached hydrogens (tertiary/aromatic N) is 2. The Hall–Kier alpha value is -2.33. The maximum absolute atomic E-state index is 12.1. The van der Waals surface area contributed by atoms with Gasteiger partial charge < -0.3 is 9.64 Å². The van der Waals surface area contributed by atoms with Crippen molar-refractivity contribution in [3.8, 4) is 0 Å².